The third-order valence-corrected chi connectivity index (χ3v) is 7.12. The van der Waals surface area contributed by atoms with E-state index in [1.165, 1.54) is 12.1 Å². The summed E-state index contributed by atoms with van der Waals surface area (Å²) >= 11 is 3.32. The van der Waals surface area contributed by atoms with Crippen LogP contribution in [-0.2, 0) is 14.8 Å². The molecule has 1 atom stereocenters. The average Bonchev–Trinajstić information content (AvgIpc) is 2.79. The molecule has 0 aliphatic carbocycles. The first-order valence-electron chi connectivity index (χ1n) is 10.2. The third-order valence-electron chi connectivity index (χ3n) is 4.80. The predicted molar refractivity (Wildman–Crippen MR) is 129 cm³/mol. The predicted octanol–water partition coefficient (Wildman–Crippen LogP) is 4.92. The van der Waals surface area contributed by atoms with Gasteiger partial charge in [-0.2, -0.15) is 0 Å². The number of hydrogen-bond acceptors (Lipinski definition) is 4. The molecule has 8 heteroatoms. The van der Waals surface area contributed by atoms with Crippen molar-refractivity contribution in [1.82, 2.24) is 5.32 Å². The highest BCUT2D eigenvalue weighted by Gasteiger charge is 2.27. The van der Waals surface area contributed by atoms with Crippen molar-refractivity contribution in [2.75, 3.05) is 17.5 Å². The lowest BCUT2D eigenvalue weighted by molar-refractivity contribution is -0.120. The van der Waals surface area contributed by atoms with E-state index in [-0.39, 0.29) is 17.5 Å². The molecule has 0 saturated heterocycles. The van der Waals surface area contributed by atoms with E-state index in [0.717, 1.165) is 14.3 Å². The molecule has 168 valence electrons. The Morgan fingerprint density at radius 2 is 1.62 bits per heavy atom. The summed E-state index contributed by atoms with van der Waals surface area (Å²) < 4.78 is 34.2. The van der Waals surface area contributed by atoms with Crippen LogP contribution in [0.5, 0.6) is 5.75 Å². The SMILES string of the molecule is CCOc1ccc(N(CC(=O)NC(C)c2ccccc2)S(=O)(=O)c2ccc(Br)cc2)cc1. The van der Waals surface area contributed by atoms with Gasteiger partial charge in [-0.05, 0) is 67.9 Å². The monoisotopic (exact) mass is 516 g/mol. The number of sulfonamides is 1. The maximum absolute atomic E-state index is 13.4. The van der Waals surface area contributed by atoms with Gasteiger partial charge in [-0.3, -0.25) is 9.10 Å². The van der Waals surface area contributed by atoms with Gasteiger partial charge in [-0.15, -0.1) is 0 Å². The van der Waals surface area contributed by atoms with Crippen LogP contribution in [0.3, 0.4) is 0 Å². The molecule has 0 bridgehead atoms. The van der Waals surface area contributed by atoms with Gasteiger partial charge in [0, 0.05) is 4.47 Å². The Labute approximate surface area is 197 Å². The smallest absolute Gasteiger partial charge is 0.264 e. The van der Waals surface area contributed by atoms with Crippen LogP contribution in [0, 0.1) is 0 Å². The molecule has 0 aliphatic heterocycles. The lowest BCUT2D eigenvalue weighted by Crippen LogP contribution is -2.41. The molecule has 0 spiro atoms. The van der Waals surface area contributed by atoms with Crippen molar-refractivity contribution >= 4 is 37.5 Å². The van der Waals surface area contributed by atoms with Crippen molar-refractivity contribution < 1.29 is 17.9 Å². The Morgan fingerprint density at radius 1 is 1.00 bits per heavy atom. The van der Waals surface area contributed by atoms with Gasteiger partial charge < -0.3 is 10.1 Å². The zero-order chi connectivity index (χ0) is 23.1. The molecule has 0 aromatic heterocycles. The van der Waals surface area contributed by atoms with Crippen LogP contribution in [0.2, 0.25) is 0 Å². The topological polar surface area (TPSA) is 75.7 Å². The molecule has 1 N–H and O–H groups in total. The highest BCUT2D eigenvalue weighted by atomic mass is 79.9. The number of nitrogens with one attached hydrogen (secondary N) is 1. The Kier molecular flexibility index (Phi) is 7.93. The number of benzene rings is 3. The van der Waals surface area contributed by atoms with Gasteiger partial charge in [0.05, 0.1) is 23.2 Å². The zero-order valence-corrected chi connectivity index (χ0v) is 20.3. The van der Waals surface area contributed by atoms with E-state index in [1.54, 1.807) is 36.4 Å². The number of rotatable bonds is 9. The molecule has 32 heavy (non-hydrogen) atoms. The normalized spacial score (nSPS) is 12.1. The molecule has 1 unspecified atom stereocenters. The quantitative estimate of drug-likeness (QED) is 0.437. The zero-order valence-electron chi connectivity index (χ0n) is 17.9. The van der Waals surface area contributed by atoms with Crippen molar-refractivity contribution in [2.45, 2.75) is 24.8 Å². The summed E-state index contributed by atoms with van der Waals surface area (Å²) in [5, 5.41) is 2.88. The Morgan fingerprint density at radius 3 is 2.22 bits per heavy atom. The molecule has 6 nitrogen and oxygen atoms in total. The first kappa shape index (κ1) is 23.8. The Balaban J connectivity index is 1.89. The van der Waals surface area contributed by atoms with Crippen LogP contribution in [0.25, 0.3) is 0 Å². The van der Waals surface area contributed by atoms with Gasteiger partial charge in [0.2, 0.25) is 5.91 Å². The van der Waals surface area contributed by atoms with Crippen LogP contribution in [0.4, 0.5) is 5.69 Å². The van der Waals surface area contributed by atoms with E-state index in [1.807, 2.05) is 44.2 Å². The van der Waals surface area contributed by atoms with Crippen molar-refractivity contribution in [3.63, 3.8) is 0 Å². The van der Waals surface area contributed by atoms with Crippen molar-refractivity contribution in [1.29, 1.82) is 0 Å². The number of hydrogen-bond donors (Lipinski definition) is 1. The molecule has 0 fully saturated rings. The minimum absolute atomic E-state index is 0.0958. The number of carbonyl (C=O) groups excluding carboxylic acids is 1. The first-order chi connectivity index (χ1) is 15.3. The van der Waals surface area contributed by atoms with Crippen molar-refractivity contribution in [2.24, 2.45) is 0 Å². The van der Waals surface area contributed by atoms with E-state index < -0.39 is 15.9 Å². The van der Waals surface area contributed by atoms with Crippen LogP contribution in [0.1, 0.15) is 25.5 Å². The minimum atomic E-state index is -3.98. The average molecular weight is 517 g/mol. The molecule has 0 heterocycles. The molecular formula is C24H25BrN2O4S. The fraction of sp³-hybridized carbons (Fsp3) is 0.208. The molecule has 0 aliphatic rings. The maximum atomic E-state index is 13.4. The number of anilines is 1. The van der Waals surface area contributed by atoms with E-state index in [9.17, 15) is 13.2 Å². The van der Waals surface area contributed by atoms with Gasteiger partial charge in [0.1, 0.15) is 12.3 Å². The summed E-state index contributed by atoms with van der Waals surface area (Å²) in [5.41, 5.74) is 1.31. The number of nitrogens with zero attached hydrogens (tertiary/aromatic N) is 1. The van der Waals surface area contributed by atoms with E-state index in [2.05, 4.69) is 21.2 Å². The fourth-order valence-corrected chi connectivity index (χ4v) is 4.85. The molecule has 3 rings (SSSR count). The van der Waals surface area contributed by atoms with E-state index in [4.69, 9.17) is 4.74 Å². The molecule has 0 radical (unpaired) electrons. The maximum Gasteiger partial charge on any atom is 0.264 e. The number of halogens is 1. The van der Waals surface area contributed by atoms with Gasteiger partial charge in [0.25, 0.3) is 10.0 Å². The summed E-state index contributed by atoms with van der Waals surface area (Å²) in [6, 6.07) is 22.2. The number of carbonyl (C=O) groups is 1. The van der Waals surface area contributed by atoms with Gasteiger partial charge in [-0.25, -0.2) is 8.42 Å². The van der Waals surface area contributed by atoms with Gasteiger partial charge in [-0.1, -0.05) is 46.3 Å². The second-order valence-corrected chi connectivity index (χ2v) is 9.87. The van der Waals surface area contributed by atoms with Crippen molar-refractivity contribution in [3.05, 3.63) is 88.9 Å². The van der Waals surface area contributed by atoms with Crippen molar-refractivity contribution in [3.8, 4) is 5.75 Å². The van der Waals surface area contributed by atoms with Gasteiger partial charge >= 0.3 is 0 Å². The molecule has 1 amide bonds. The van der Waals surface area contributed by atoms with E-state index >= 15 is 0 Å². The first-order valence-corrected chi connectivity index (χ1v) is 12.4. The standard InChI is InChI=1S/C24H25BrN2O4S/c1-3-31-22-13-11-21(12-14-22)27(32(29,30)23-15-9-20(25)10-16-23)17-24(28)26-18(2)19-7-5-4-6-8-19/h4-16,18H,3,17H2,1-2H3,(H,26,28). The van der Waals surface area contributed by atoms with Crippen LogP contribution >= 0.6 is 15.9 Å². The Hall–Kier alpha value is -2.84. The highest BCUT2D eigenvalue weighted by molar-refractivity contribution is 9.10. The Bertz CT molecular complexity index is 1130. The largest absolute Gasteiger partial charge is 0.494 e. The summed E-state index contributed by atoms with van der Waals surface area (Å²) in [7, 11) is -3.98. The second kappa shape index (κ2) is 10.7. The second-order valence-electron chi connectivity index (χ2n) is 7.09. The summed E-state index contributed by atoms with van der Waals surface area (Å²) in [6.07, 6.45) is 0. The van der Waals surface area contributed by atoms with Crippen LogP contribution < -0.4 is 14.4 Å². The fourth-order valence-electron chi connectivity index (χ4n) is 3.17. The van der Waals surface area contributed by atoms with Gasteiger partial charge in [0.15, 0.2) is 0 Å². The molecular weight excluding hydrogens is 492 g/mol. The third kappa shape index (κ3) is 5.89. The number of ether oxygens (including phenoxy) is 1. The highest BCUT2D eigenvalue weighted by Crippen LogP contribution is 2.27. The van der Waals surface area contributed by atoms with Crippen LogP contribution in [-0.4, -0.2) is 27.5 Å². The summed E-state index contributed by atoms with van der Waals surface area (Å²) in [4.78, 5) is 13.0. The van der Waals surface area contributed by atoms with E-state index in [0.29, 0.717) is 18.0 Å². The molecule has 3 aromatic rings. The lowest BCUT2D eigenvalue weighted by Gasteiger charge is -2.25. The van der Waals surface area contributed by atoms with Crippen LogP contribution in [0.15, 0.2) is 88.2 Å². The molecule has 0 saturated carbocycles. The lowest BCUT2D eigenvalue weighted by atomic mass is 10.1. The summed E-state index contributed by atoms with van der Waals surface area (Å²) in [6.45, 7) is 3.87. The number of amides is 1. The summed E-state index contributed by atoms with van der Waals surface area (Å²) in [5.74, 6) is 0.218. The molecule has 3 aromatic carbocycles. The minimum Gasteiger partial charge on any atom is -0.494 e.